The molecule has 5 nitrogen and oxygen atoms in total. The van der Waals surface area contributed by atoms with Gasteiger partial charge in [0.15, 0.2) is 0 Å². The van der Waals surface area contributed by atoms with Gasteiger partial charge in [0, 0.05) is 7.05 Å². The summed E-state index contributed by atoms with van der Waals surface area (Å²) in [5.74, 6) is -0.734. The zero-order valence-corrected chi connectivity index (χ0v) is 10.6. The molecule has 0 bridgehead atoms. The van der Waals surface area contributed by atoms with Crippen molar-refractivity contribution in [2.75, 3.05) is 20.7 Å². The third-order valence-corrected chi connectivity index (χ3v) is 2.59. The van der Waals surface area contributed by atoms with Gasteiger partial charge in [-0.1, -0.05) is 30.3 Å². The van der Waals surface area contributed by atoms with Crippen LogP contribution in [0.15, 0.2) is 30.3 Å². The monoisotopic (exact) mass is 250 g/mol. The Bertz CT molecular complexity index is 406. The Morgan fingerprint density at radius 3 is 2.50 bits per heavy atom. The summed E-state index contributed by atoms with van der Waals surface area (Å²) in [6, 6.07) is 8.86. The number of amides is 1. The molecule has 0 saturated heterocycles. The summed E-state index contributed by atoms with van der Waals surface area (Å²) in [4.78, 5) is 24.2. The number of benzene rings is 1. The number of nitrogens with zero attached hydrogens (tertiary/aromatic N) is 1. The molecule has 1 rings (SSSR count). The molecule has 18 heavy (non-hydrogen) atoms. The van der Waals surface area contributed by atoms with E-state index < -0.39 is 12.0 Å². The number of carbonyl (C=O) groups is 2. The maximum Gasteiger partial charge on any atom is 0.325 e. The van der Waals surface area contributed by atoms with Gasteiger partial charge in [0.1, 0.15) is 6.54 Å². The molecule has 1 aromatic rings. The SMILES string of the molecule is COC(=O)CN(C)C(=O)C(N)Cc1ccccc1. The van der Waals surface area contributed by atoms with Crippen LogP contribution < -0.4 is 5.73 Å². The highest BCUT2D eigenvalue weighted by Gasteiger charge is 2.20. The number of ether oxygens (including phenoxy) is 1. The molecule has 0 aliphatic rings. The normalized spacial score (nSPS) is 11.7. The number of hydrogen-bond acceptors (Lipinski definition) is 4. The molecular weight excluding hydrogens is 232 g/mol. The molecule has 0 saturated carbocycles. The van der Waals surface area contributed by atoms with Crippen LogP contribution in [0.4, 0.5) is 0 Å². The van der Waals surface area contributed by atoms with Gasteiger partial charge in [0.05, 0.1) is 13.2 Å². The van der Waals surface area contributed by atoms with E-state index in [1.54, 1.807) is 0 Å². The Morgan fingerprint density at radius 1 is 1.33 bits per heavy atom. The zero-order valence-electron chi connectivity index (χ0n) is 10.6. The molecule has 0 spiro atoms. The van der Waals surface area contributed by atoms with Crippen molar-refractivity contribution in [3.05, 3.63) is 35.9 Å². The van der Waals surface area contributed by atoms with Crippen molar-refractivity contribution >= 4 is 11.9 Å². The fourth-order valence-corrected chi connectivity index (χ4v) is 1.57. The lowest BCUT2D eigenvalue weighted by Gasteiger charge is -2.20. The van der Waals surface area contributed by atoms with Crippen molar-refractivity contribution in [3.8, 4) is 0 Å². The zero-order chi connectivity index (χ0) is 13.5. The predicted octanol–water partition coefficient (Wildman–Crippen LogP) is 0.188. The van der Waals surface area contributed by atoms with E-state index in [-0.39, 0.29) is 12.5 Å². The van der Waals surface area contributed by atoms with Crippen LogP contribution in [0.2, 0.25) is 0 Å². The first-order valence-corrected chi connectivity index (χ1v) is 5.66. The van der Waals surface area contributed by atoms with Crippen molar-refractivity contribution in [1.82, 2.24) is 4.90 Å². The molecule has 1 aromatic carbocycles. The van der Waals surface area contributed by atoms with Gasteiger partial charge < -0.3 is 15.4 Å². The van der Waals surface area contributed by atoms with Crippen molar-refractivity contribution in [2.45, 2.75) is 12.5 Å². The summed E-state index contributed by atoms with van der Waals surface area (Å²) in [5.41, 5.74) is 6.81. The molecule has 98 valence electrons. The van der Waals surface area contributed by atoms with E-state index in [1.807, 2.05) is 30.3 Å². The predicted molar refractivity (Wildman–Crippen MR) is 67.8 cm³/mol. The van der Waals surface area contributed by atoms with Crippen LogP contribution >= 0.6 is 0 Å². The summed E-state index contributed by atoms with van der Waals surface area (Å²) in [6.07, 6.45) is 0.450. The molecule has 0 aliphatic heterocycles. The van der Waals surface area contributed by atoms with Crippen LogP contribution in [-0.2, 0) is 20.7 Å². The largest absolute Gasteiger partial charge is 0.468 e. The molecule has 0 fully saturated rings. The molecule has 1 atom stereocenters. The highest BCUT2D eigenvalue weighted by Crippen LogP contribution is 2.03. The van der Waals surface area contributed by atoms with E-state index in [2.05, 4.69) is 4.74 Å². The summed E-state index contributed by atoms with van der Waals surface area (Å²) in [7, 11) is 2.81. The van der Waals surface area contributed by atoms with Crippen LogP contribution in [0, 0.1) is 0 Å². The summed E-state index contributed by atoms with van der Waals surface area (Å²) >= 11 is 0. The number of hydrogen-bond donors (Lipinski definition) is 1. The molecule has 1 unspecified atom stereocenters. The Labute approximate surface area is 107 Å². The molecule has 0 aliphatic carbocycles. The lowest BCUT2D eigenvalue weighted by molar-refractivity contribution is -0.146. The first-order valence-electron chi connectivity index (χ1n) is 5.66. The van der Waals surface area contributed by atoms with E-state index in [9.17, 15) is 9.59 Å². The van der Waals surface area contributed by atoms with Gasteiger partial charge in [-0.05, 0) is 12.0 Å². The Balaban J connectivity index is 2.53. The molecule has 0 radical (unpaired) electrons. The molecule has 2 N–H and O–H groups in total. The summed E-state index contributed by atoms with van der Waals surface area (Å²) < 4.78 is 4.50. The van der Waals surface area contributed by atoms with E-state index in [1.165, 1.54) is 19.1 Å². The second-order valence-electron chi connectivity index (χ2n) is 4.07. The lowest BCUT2D eigenvalue weighted by Crippen LogP contribution is -2.45. The third-order valence-electron chi connectivity index (χ3n) is 2.59. The Hall–Kier alpha value is -1.88. The molecular formula is C13H18N2O3. The minimum absolute atomic E-state index is 0.0855. The maximum absolute atomic E-state index is 11.9. The second-order valence-corrected chi connectivity index (χ2v) is 4.07. The van der Waals surface area contributed by atoms with E-state index in [0.717, 1.165) is 5.56 Å². The summed E-state index contributed by atoms with van der Waals surface area (Å²) in [6.45, 7) is -0.0855. The fourth-order valence-electron chi connectivity index (χ4n) is 1.57. The Morgan fingerprint density at radius 2 is 1.94 bits per heavy atom. The van der Waals surface area contributed by atoms with Crippen LogP contribution in [0.5, 0.6) is 0 Å². The highest BCUT2D eigenvalue weighted by molar-refractivity contribution is 5.85. The van der Waals surface area contributed by atoms with Crippen LogP contribution in [0.1, 0.15) is 5.56 Å². The number of rotatable bonds is 5. The smallest absolute Gasteiger partial charge is 0.325 e. The number of nitrogens with two attached hydrogens (primary N) is 1. The standard InChI is InChI=1S/C13H18N2O3/c1-15(9-12(16)18-2)13(17)11(14)8-10-6-4-3-5-7-10/h3-7,11H,8-9,14H2,1-2H3. The van der Waals surface area contributed by atoms with Gasteiger partial charge in [-0.25, -0.2) is 0 Å². The van der Waals surface area contributed by atoms with Gasteiger partial charge in [0.25, 0.3) is 0 Å². The molecule has 1 amide bonds. The van der Waals surface area contributed by atoms with E-state index >= 15 is 0 Å². The Kier molecular flexibility index (Phi) is 5.32. The number of methoxy groups -OCH3 is 1. The first kappa shape index (κ1) is 14.2. The number of esters is 1. The maximum atomic E-state index is 11.9. The van der Waals surface area contributed by atoms with E-state index in [4.69, 9.17) is 5.73 Å². The topological polar surface area (TPSA) is 72.6 Å². The minimum atomic E-state index is -0.651. The van der Waals surface area contributed by atoms with Gasteiger partial charge >= 0.3 is 5.97 Å². The van der Waals surface area contributed by atoms with Crippen molar-refractivity contribution in [3.63, 3.8) is 0 Å². The second kappa shape index (κ2) is 6.76. The average molecular weight is 250 g/mol. The summed E-state index contributed by atoms with van der Waals surface area (Å²) in [5, 5.41) is 0. The molecule has 0 heterocycles. The van der Waals surface area contributed by atoms with E-state index in [0.29, 0.717) is 6.42 Å². The molecule has 5 heteroatoms. The third kappa shape index (κ3) is 4.18. The van der Waals surface area contributed by atoms with Gasteiger partial charge in [-0.15, -0.1) is 0 Å². The van der Waals surface area contributed by atoms with Crippen LogP contribution in [0.3, 0.4) is 0 Å². The van der Waals surface area contributed by atoms with Gasteiger partial charge in [-0.3, -0.25) is 9.59 Å². The molecule has 0 aromatic heterocycles. The quantitative estimate of drug-likeness (QED) is 0.757. The van der Waals surface area contributed by atoms with Crippen LogP contribution in [0.25, 0.3) is 0 Å². The van der Waals surface area contributed by atoms with Crippen LogP contribution in [-0.4, -0.2) is 43.5 Å². The highest BCUT2D eigenvalue weighted by atomic mass is 16.5. The fraction of sp³-hybridized carbons (Fsp3) is 0.385. The average Bonchev–Trinajstić information content (AvgIpc) is 2.38. The first-order chi connectivity index (χ1) is 8.54. The van der Waals surface area contributed by atoms with Gasteiger partial charge in [-0.2, -0.15) is 0 Å². The van der Waals surface area contributed by atoms with Crippen molar-refractivity contribution in [2.24, 2.45) is 5.73 Å². The van der Waals surface area contributed by atoms with Crippen molar-refractivity contribution < 1.29 is 14.3 Å². The number of likely N-dealkylation sites (N-methyl/N-ethyl adjacent to an activating group) is 1. The van der Waals surface area contributed by atoms with Crippen molar-refractivity contribution in [1.29, 1.82) is 0 Å². The minimum Gasteiger partial charge on any atom is -0.468 e. The van der Waals surface area contributed by atoms with Gasteiger partial charge in [0.2, 0.25) is 5.91 Å². The number of carbonyl (C=O) groups excluding carboxylic acids is 2. The lowest BCUT2D eigenvalue weighted by atomic mass is 10.1.